The molecule has 2 unspecified atom stereocenters. The Balaban J connectivity index is 1.80. The van der Waals surface area contributed by atoms with E-state index in [0.717, 1.165) is 25.9 Å². The Bertz CT molecular complexity index is 376. The topological polar surface area (TPSA) is 87.3 Å². The Morgan fingerprint density at radius 1 is 1.18 bits per heavy atom. The number of sulfone groups is 1. The van der Waals surface area contributed by atoms with Crippen molar-refractivity contribution in [2.45, 2.75) is 37.1 Å². The summed E-state index contributed by atoms with van der Waals surface area (Å²) < 4.78 is 23.1. The fraction of sp³-hybridized carbons (Fsp3) is 0.900. The molecule has 98 valence electrons. The second-order valence-electron chi connectivity index (χ2n) is 4.66. The maximum absolute atomic E-state index is 11.6. The predicted molar refractivity (Wildman–Crippen MR) is 64.4 cm³/mol. The fourth-order valence-electron chi connectivity index (χ4n) is 2.30. The maximum atomic E-state index is 11.6. The first kappa shape index (κ1) is 12.6. The predicted octanol–water partition coefficient (Wildman–Crippen LogP) is -0.428. The Labute approximate surface area is 101 Å². The van der Waals surface area contributed by atoms with Crippen LogP contribution in [0.3, 0.4) is 0 Å². The van der Waals surface area contributed by atoms with Crippen molar-refractivity contribution in [3.05, 3.63) is 0 Å². The Hall–Kier alpha value is -0.820. The number of piperidine rings is 1. The lowest BCUT2D eigenvalue weighted by Crippen LogP contribution is -2.51. The molecule has 2 fully saturated rings. The highest BCUT2D eigenvalue weighted by atomic mass is 32.2. The molecule has 2 saturated heterocycles. The second-order valence-corrected chi connectivity index (χ2v) is 6.96. The number of hydrogen-bond acceptors (Lipinski definition) is 4. The number of urea groups is 1. The molecular weight excluding hydrogens is 242 g/mol. The molecular formula is C10H19N3O3S. The molecule has 0 aromatic carbocycles. The molecule has 2 heterocycles. The summed E-state index contributed by atoms with van der Waals surface area (Å²) >= 11 is 0. The van der Waals surface area contributed by atoms with Crippen LogP contribution in [0.25, 0.3) is 0 Å². The lowest BCUT2D eigenvalue weighted by atomic mass is 10.1. The van der Waals surface area contributed by atoms with Gasteiger partial charge in [-0.15, -0.1) is 0 Å². The van der Waals surface area contributed by atoms with Gasteiger partial charge in [-0.1, -0.05) is 0 Å². The summed E-state index contributed by atoms with van der Waals surface area (Å²) in [6.07, 6.45) is 3.14. The molecule has 3 N–H and O–H groups in total. The number of rotatable bonds is 2. The zero-order valence-electron chi connectivity index (χ0n) is 9.74. The first-order chi connectivity index (χ1) is 8.08. The van der Waals surface area contributed by atoms with Crippen molar-refractivity contribution in [1.82, 2.24) is 16.0 Å². The standard InChI is InChI=1S/C10H19N3O3S/c14-10(12-8-3-1-5-11-7-8)13-9-4-2-6-17(9,15)16/h8-9,11H,1-7H2,(H2,12,13,14). The van der Waals surface area contributed by atoms with E-state index in [-0.39, 0.29) is 17.8 Å². The summed E-state index contributed by atoms with van der Waals surface area (Å²) in [5.41, 5.74) is 0. The van der Waals surface area contributed by atoms with Gasteiger partial charge in [0.1, 0.15) is 5.37 Å². The lowest BCUT2D eigenvalue weighted by molar-refractivity contribution is 0.232. The van der Waals surface area contributed by atoms with E-state index >= 15 is 0 Å². The van der Waals surface area contributed by atoms with Crippen molar-refractivity contribution >= 4 is 15.9 Å². The van der Waals surface area contributed by atoms with Crippen LogP contribution < -0.4 is 16.0 Å². The van der Waals surface area contributed by atoms with Crippen molar-refractivity contribution in [2.75, 3.05) is 18.8 Å². The summed E-state index contributed by atoms with van der Waals surface area (Å²) in [7, 11) is -3.11. The largest absolute Gasteiger partial charge is 0.334 e. The summed E-state index contributed by atoms with van der Waals surface area (Å²) in [4.78, 5) is 11.6. The average molecular weight is 261 g/mol. The summed E-state index contributed by atoms with van der Waals surface area (Å²) in [5.74, 6) is 0.183. The molecule has 17 heavy (non-hydrogen) atoms. The normalized spacial score (nSPS) is 32.0. The summed E-state index contributed by atoms with van der Waals surface area (Å²) in [6.45, 7) is 1.74. The van der Waals surface area contributed by atoms with E-state index in [1.165, 1.54) is 0 Å². The van der Waals surface area contributed by atoms with E-state index in [2.05, 4.69) is 16.0 Å². The van der Waals surface area contributed by atoms with Gasteiger partial charge in [-0.2, -0.15) is 0 Å². The maximum Gasteiger partial charge on any atom is 0.316 e. The molecule has 2 atom stereocenters. The third kappa shape index (κ3) is 3.32. The van der Waals surface area contributed by atoms with Gasteiger partial charge in [-0.3, -0.25) is 0 Å². The molecule has 0 saturated carbocycles. The highest BCUT2D eigenvalue weighted by Crippen LogP contribution is 2.17. The molecule has 0 aromatic heterocycles. The summed E-state index contributed by atoms with van der Waals surface area (Å²) in [6, 6.07) is -0.262. The van der Waals surface area contributed by atoms with Gasteiger partial charge in [0.05, 0.1) is 5.75 Å². The molecule has 0 radical (unpaired) electrons. The molecule has 0 aromatic rings. The first-order valence-electron chi connectivity index (χ1n) is 6.07. The van der Waals surface area contributed by atoms with Gasteiger partial charge in [0.2, 0.25) is 0 Å². The quantitative estimate of drug-likeness (QED) is 0.629. The molecule has 0 bridgehead atoms. The van der Waals surface area contributed by atoms with E-state index in [4.69, 9.17) is 0 Å². The van der Waals surface area contributed by atoms with Crippen LogP contribution in [0.4, 0.5) is 4.79 Å². The van der Waals surface area contributed by atoms with Crippen molar-refractivity contribution < 1.29 is 13.2 Å². The van der Waals surface area contributed by atoms with Gasteiger partial charge in [0.15, 0.2) is 9.84 Å². The van der Waals surface area contributed by atoms with E-state index < -0.39 is 15.2 Å². The smallest absolute Gasteiger partial charge is 0.316 e. The van der Waals surface area contributed by atoms with E-state index in [0.29, 0.717) is 12.8 Å². The molecule has 7 heteroatoms. The highest BCUT2D eigenvalue weighted by molar-refractivity contribution is 7.92. The Morgan fingerprint density at radius 2 is 2.00 bits per heavy atom. The fourth-order valence-corrected chi connectivity index (χ4v) is 3.97. The number of nitrogens with one attached hydrogen (secondary N) is 3. The Kier molecular flexibility index (Phi) is 3.88. The van der Waals surface area contributed by atoms with Crippen LogP contribution >= 0.6 is 0 Å². The number of carbonyl (C=O) groups is 1. The van der Waals surface area contributed by atoms with E-state index in [1.54, 1.807) is 0 Å². The van der Waals surface area contributed by atoms with Gasteiger partial charge in [-0.05, 0) is 32.2 Å². The van der Waals surface area contributed by atoms with Crippen LogP contribution in [-0.2, 0) is 9.84 Å². The zero-order valence-corrected chi connectivity index (χ0v) is 10.6. The minimum absolute atomic E-state index is 0.104. The van der Waals surface area contributed by atoms with Crippen molar-refractivity contribution in [2.24, 2.45) is 0 Å². The number of amides is 2. The van der Waals surface area contributed by atoms with E-state index in [1.807, 2.05) is 0 Å². The Morgan fingerprint density at radius 3 is 2.59 bits per heavy atom. The van der Waals surface area contributed by atoms with Gasteiger partial charge in [0.25, 0.3) is 0 Å². The van der Waals surface area contributed by atoms with Crippen LogP contribution in [0.2, 0.25) is 0 Å². The van der Waals surface area contributed by atoms with Crippen LogP contribution in [-0.4, -0.2) is 44.7 Å². The molecule has 6 nitrogen and oxygen atoms in total. The molecule has 0 spiro atoms. The number of hydrogen-bond donors (Lipinski definition) is 3. The molecule has 2 amide bonds. The second kappa shape index (κ2) is 5.22. The summed E-state index contributed by atoms with van der Waals surface area (Å²) in [5, 5.41) is 7.85. The van der Waals surface area contributed by atoms with Crippen LogP contribution in [0.1, 0.15) is 25.7 Å². The van der Waals surface area contributed by atoms with Crippen molar-refractivity contribution in [1.29, 1.82) is 0 Å². The van der Waals surface area contributed by atoms with Crippen LogP contribution in [0, 0.1) is 0 Å². The minimum atomic E-state index is -3.11. The third-order valence-corrected chi connectivity index (χ3v) is 5.33. The zero-order chi connectivity index (χ0) is 12.3. The lowest BCUT2D eigenvalue weighted by Gasteiger charge is -2.24. The van der Waals surface area contributed by atoms with Gasteiger partial charge in [-0.25, -0.2) is 13.2 Å². The third-order valence-electron chi connectivity index (χ3n) is 3.25. The van der Waals surface area contributed by atoms with Gasteiger partial charge < -0.3 is 16.0 Å². The SMILES string of the molecule is O=C(NC1CCCNC1)NC1CCCS1(=O)=O. The molecule has 2 aliphatic heterocycles. The van der Waals surface area contributed by atoms with E-state index in [9.17, 15) is 13.2 Å². The van der Waals surface area contributed by atoms with Gasteiger partial charge >= 0.3 is 6.03 Å². The highest BCUT2D eigenvalue weighted by Gasteiger charge is 2.32. The van der Waals surface area contributed by atoms with Crippen LogP contribution in [0.5, 0.6) is 0 Å². The van der Waals surface area contributed by atoms with Crippen molar-refractivity contribution in [3.8, 4) is 0 Å². The number of carbonyl (C=O) groups excluding carboxylic acids is 1. The van der Waals surface area contributed by atoms with Gasteiger partial charge in [0, 0.05) is 12.6 Å². The first-order valence-corrected chi connectivity index (χ1v) is 7.79. The molecule has 2 rings (SSSR count). The minimum Gasteiger partial charge on any atom is -0.334 e. The monoisotopic (exact) mass is 261 g/mol. The average Bonchev–Trinajstić information content (AvgIpc) is 2.59. The van der Waals surface area contributed by atoms with Crippen LogP contribution in [0.15, 0.2) is 0 Å². The molecule has 2 aliphatic rings. The van der Waals surface area contributed by atoms with Crippen molar-refractivity contribution in [3.63, 3.8) is 0 Å². The molecule has 0 aliphatic carbocycles.